The van der Waals surface area contributed by atoms with E-state index in [9.17, 15) is 33.6 Å². The number of halogens is 15. The summed E-state index contributed by atoms with van der Waals surface area (Å²) in [5.74, 6) is -37.6. The van der Waals surface area contributed by atoms with Crippen molar-refractivity contribution >= 4 is 46.4 Å². The lowest BCUT2D eigenvalue weighted by Gasteiger charge is -2.39. The molecule has 8 bridgehead atoms. The predicted molar refractivity (Wildman–Crippen MR) is 234 cm³/mol. The van der Waals surface area contributed by atoms with Gasteiger partial charge in [-0.1, -0.05) is 12.1 Å². The Morgan fingerprint density at radius 1 is 0.387 bits per heavy atom. The zero-order valence-corrected chi connectivity index (χ0v) is 36.7. The monoisotopic (exact) mass is 1060 g/mol. The number of H-pyrrole nitrogens is 2. The van der Waals surface area contributed by atoms with Crippen LogP contribution >= 0.6 is 0 Å². The number of rotatable bonds is 7. The van der Waals surface area contributed by atoms with E-state index in [4.69, 9.17) is 9.47 Å². The third-order valence-corrected chi connectivity index (χ3v) is 12.4. The van der Waals surface area contributed by atoms with Gasteiger partial charge in [0.15, 0.2) is 69.8 Å². The Hall–Kier alpha value is -7.97. The van der Waals surface area contributed by atoms with Gasteiger partial charge in [0.2, 0.25) is 23.7 Å². The van der Waals surface area contributed by atoms with Gasteiger partial charge in [0.25, 0.3) is 0 Å². The van der Waals surface area contributed by atoms with Gasteiger partial charge in [-0.3, -0.25) is 0 Å². The molecule has 75 heavy (non-hydrogen) atoms. The van der Waals surface area contributed by atoms with Crippen LogP contribution in [-0.2, 0) is 4.74 Å². The van der Waals surface area contributed by atoms with Crippen LogP contribution in [0.5, 0.6) is 5.75 Å². The number of nitrogens with zero attached hydrogens (tertiary/aromatic N) is 2. The van der Waals surface area contributed by atoms with E-state index in [0.717, 1.165) is 48.6 Å². The lowest BCUT2D eigenvalue weighted by atomic mass is 9.99. The zero-order valence-electron chi connectivity index (χ0n) is 36.7. The van der Waals surface area contributed by atoms with Crippen LogP contribution in [0.25, 0.3) is 90.9 Å². The predicted octanol–water partition coefficient (Wildman–Crippen LogP) is 10.6. The molecule has 0 saturated carbocycles. The Balaban J connectivity index is 1.35. The van der Waals surface area contributed by atoms with Crippen molar-refractivity contribution in [1.29, 1.82) is 0 Å². The van der Waals surface area contributed by atoms with Crippen molar-refractivity contribution < 1.29 is 95.8 Å². The maximum Gasteiger partial charge on any atom is 0.229 e. The first kappa shape index (κ1) is 50.6. The minimum absolute atomic E-state index is 0.0452. The van der Waals surface area contributed by atoms with Gasteiger partial charge in [-0.2, -0.15) is 0 Å². The van der Waals surface area contributed by atoms with Crippen molar-refractivity contribution in [3.05, 3.63) is 159 Å². The van der Waals surface area contributed by atoms with Crippen LogP contribution in [-0.4, -0.2) is 77.7 Å². The number of hydrogen-bond acceptors (Lipinski definition) is 8. The van der Waals surface area contributed by atoms with Gasteiger partial charge in [0.05, 0.1) is 46.1 Å². The van der Waals surface area contributed by atoms with E-state index in [1.807, 2.05) is 0 Å². The first-order valence-electron chi connectivity index (χ1n) is 21.4. The maximum atomic E-state index is 16.0. The third-order valence-electron chi connectivity index (χ3n) is 12.4. The molecule has 0 spiro atoms. The summed E-state index contributed by atoms with van der Waals surface area (Å²) in [5, 5.41) is 40.7. The lowest BCUT2D eigenvalue weighted by Crippen LogP contribution is -2.60. The Labute approximate surface area is 407 Å². The molecule has 25 heteroatoms. The average molecular weight is 1060 g/mol. The van der Waals surface area contributed by atoms with E-state index in [2.05, 4.69) is 19.9 Å². The Morgan fingerprint density at radius 3 is 1.03 bits per heavy atom. The van der Waals surface area contributed by atoms with Crippen molar-refractivity contribution in [2.75, 3.05) is 6.61 Å². The minimum Gasteiger partial charge on any atom is -0.462 e. The molecule has 386 valence electrons. The van der Waals surface area contributed by atoms with E-state index in [1.54, 1.807) is 0 Å². The molecule has 0 amide bonds. The van der Waals surface area contributed by atoms with E-state index >= 15 is 52.7 Å². The standard InChI is InChI=1S/C50H25F15N4O6/c51-32-29(33(52)39(58)44(63)38(32)57)26-18-7-5-16(66-18)25(14-1-3-15(4-2-14)74-50-49(73)48(72)47(71)24(13-70)75-50)17-6-8-19(67-17)27(30-34(53)40(59)45(64)41(60)35(30)54)21-10-12-23(69-21)28(22-11-9-20(26)68-22)31-36(55)42(61)46(65)43(62)37(31)56/h1-12,24,47-50,66,69-73H,13H2/t24-,47-,48+,49-,50-/m1/s1. The van der Waals surface area contributed by atoms with Crippen molar-refractivity contribution in [3.8, 4) is 50.3 Å². The van der Waals surface area contributed by atoms with Crippen molar-refractivity contribution in [2.24, 2.45) is 0 Å². The van der Waals surface area contributed by atoms with Crippen LogP contribution in [0.4, 0.5) is 65.9 Å². The maximum absolute atomic E-state index is 16.0. The molecular weight excluding hydrogens is 1040 g/mol. The molecule has 0 radical (unpaired) electrons. The second-order valence-corrected chi connectivity index (χ2v) is 16.7. The van der Waals surface area contributed by atoms with E-state index in [-0.39, 0.29) is 28.1 Å². The molecule has 0 aliphatic carbocycles. The van der Waals surface area contributed by atoms with E-state index < -0.39 is 192 Å². The first-order valence-corrected chi connectivity index (χ1v) is 21.4. The van der Waals surface area contributed by atoms with Gasteiger partial charge >= 0.3 is 0 Å². The van der Waals surface area contributed by atoms with Crippen LogP contribution in [0.2, 0.25) is 0 Å². The summed E-state index contributed by atoms with van der Waals surface area (Å²) < 4.78 is 241. The Bertz CT molecular complexity index is 3670. The van der Waals surface area contributed by atoms with Crippen LogP contribution in [0, 0.1) is 87.3 Å². The Morgan fingerprint density at radius 2 is 0.693 bits per heavy atom. The molecule has 5 atom stereocenters. The summed E-state index contributed by atoms with van der Waals surface area (Å²) in [6.45, 7) is -0.812. The second-order valence-electron chi connectivity index (χ2n) is 16.7. The summed E-state index contributed by atoms with van der Waals surface area (Å²) in [4.78, 5) is 13.7. The molecule has 10 rings (SSSR count). The van der Waals surface area contributed by atoms with Gasteiger partial charge in [-0.15, -0.1) is 0 Å². The normalized spacial score (nSPS) is 18.4. The number of aliphatic hydroxyl groups excluding tert-OH is 4. The highest BCUT2D eigenvalue weighted by atomic mass is 19.2. The molecule has 1 fully saturated rings. The number of aliphatic hydroxyl groups is 4. The summed E-state index contributed by atoms with van der Waals surface area (Å²) in [6.07, 6.45) is -4.92. The van der Waals surface area contributed by atoms with Crippen LogP contribution in [0.15, 0.2) is 48.5 Å². The molecule has 7 aromatic rings. The fourth-order valence-corrected chi connectivity index (χ4v) is 8.77. The smallest absolute Gasteiger partial charge is 0.229 e. The second kappa shape index (κ2) is 18.8. The highest BCUT2D eigenvalue weighted by molar-refractivity contribution is 6.00. The van der Waals surface area contributed by atoms with Gasteiger partial charge in [-0.25, -0.2) is 75.8 Å². The van der Waals surface area contributed by atoms with Crippen molar-refractivity contribution in [2.45, 2.75) is 30.7 Å². The summed E-state index contributed by atoms with van der Waals surface area (Å²) in [5.41, 5.74) is -13.2. The molecule has 3 aliphatic heterocycles. The minimum atomic E-state index is -2.65. The summed E-state index contributed by atoms with van der Waals surface area (Å²) >= 11 is 0. The van der Waals surface area contributed by atoms with E-state index in [1.165, 1.54) is 24.3 Å². The number of fused-ring (bicyclic) bond motifs is 8. The Kier molecular flexibility index (Phi) is 12.6. The van der Waals surface area contributed by atoms with Crippen LogP contribution in [0.3, 0.4) is 0 Å². The molecule has 3 aromatic heterocycles. The fraction of sp³-hybridized carbons (Fsp3) is 0.120. The molecule has 10 nitrogen and oxygen atoms in total. The molecule has 0 unspecified atom stereocenters. The molecule has 6 N–H and O–H groups in total. The van der Waals surface area contributed by atoms with Crippen LogP contribution in [0.1, 0.15) is 22.8 Å². The largest absolute Gasteiger partial charge is 0.462 e. The number of benzene rings is 4. The van der Waals surface area contributed by atoms with Crippen LogP contribution < -0.4 is 4.74 Å². The van der Waals surface area contributed by atoms with Gasteiger partial charge in [0.1, 0.15) is 30.2 Å². The molecule has 4 aromatic carbocycles. The zero-order chi connectivity index (χ0) is 53.8. The molecule has 1 saturated heterocycles. The SMILES string of the molecule is OC[C@H]1O[C@@H](Oc2ccc(-c3c4nc(c(-c5c(F)c(F)c(F)c(F)c5F)c5ccc([nH]5)c(-c5c(F)c(F)c(F)c(F)c5F)c5nc(c(-c6c(F)c(F)c(F)c(F)c6F)c6ccc3[nH]6)C=C5)C=C4)cc2)[C@H](O)[C@@H](O)[C@@H]1O. The molecule has 3 aliphatic rings. The fourth-order valence-electron chi connectivity index (χ4n) is 8.77. The average Bonchev–Trinajstić information content (AvgIpc) is 4.27. The number of aromatic amines is 2. The van der Waals surface area contributed by atoms with Crippen molar-refractivity contribution in [1.82, 2.24) is 19.9 Å². The number of hydrogen-bond donors (Lipinski definition) is 6. The van der Waals surface area contributed by atoms with Gasteiger partial charge in [-0.05, 0) is 66.3 Å². The lowest BCUT2D eigenvalue weighted by molar-refractivity contribution is -0.277. The molecular formula is C50H25F15N4O6. The topological polar surface area (TPSA) is 157 Å². The van der Waals surface area contributed by atoms with Gasteiger partial charge < -0.3 is 39.9 Å². The quantitative estimate of drug-likeness (QED) is 0.0523. The number of nitrogens with one attached hydrogen (secondary N) is 2. The number of aromatic nitrogens is 4. The summed E-state index contributed by atoms with van der Waals surface area (Å²) in [6, 6.07) is 8.76. The van der Waals surface area contributed by atoms with Gasteiger partial charge in [0, 0.05) is 44.3 Å². The summed E-state index contributed by atoms with van der Waals surface area (Å²) in [7, 11) is 0. The highest BCUT2D eigenvalue weighted by Gasteiger charge is 2.45. The highest BCUT2D eigenvalue weighted by Crippen LogP contribution is 2.44. The first-order chi connectivity index (χ1) is 35.6. The molecule has 6 heterocycles. The third kappa shape index (κ3) is 7.99. The van der Waals surface area contributed by atoms with E-state index in [0.29, 0.717) is 0 Å². The van der Waals surface area contributed by atoms with Crippen molar-refractivity contribution in [3.63, 3.8) is 0 Å². The number of ether oxygens (including phenoxy) is 2.